The van der Waals surface area contributed by atoms with Crippen LogP contribution in [-0.4, -0.2) is 17.7 Å². The molecule has 1 aromatic heterocycles. The minimum absolute atomic E-state index is 0.333. The molecular formula is C13H21NOS. The molecule has 1 heterocycles. The topological polar surface area (TPSA) is 32.3 Å². The van der Waals surface area contributed by atoms with E-state index in [9.17, 15) is 5.11 Å². The molecule has 3 heteroatoms. The van der Waals surface area contributed by atoms with Gasteiger partial charge in [-0.05, 0) is 31.9 Å². The lowest BCUT2D eigenvalue weighted by atomic mass is 9.95. The molecule has 1 aromatic rings. The molecule has 1 unspecified atom stereocenters. The second kappa shape index (κ2) is 5.80. The Morgan fingerprint density at radius 1 is 1.38 bits per heavy atom. The third-order valence-corrected chi connectivity index (χ3v) is 4.40. The zero-order chi connectivity index (χ0) is 11.4. The molecule has 0 radical (unpaired) electrons. The van der Waals surface area contributed by atoms with Crippen molar-refractivity contribution in [3.63, 3.8) is 0 Å². The quantitative estimate of drug-likeness (QED) is 0.846. The SMILES string of the molecule is Cc1ccc(C(O)CNC2CCCCC2)s1. The van der Waals surface area contributed by atoms with Gasteiger partial charge in [-0.15, -0.1) is 11.3 Å². The number of hydrogen-bond donors (Lipinski definition) is 2. The average Bonchev–Trinajstić information content (AvgIpc) is 2.74. The highest BCUT2D eigenvalue weighted by molar-refractivity contribution is 7.12. The van der Waals surface area contributed by atoms with Crippen molar-refractivity contribution in [3.05, 3.63) is 21.9 Å². The molecule has 2 nitrogen and oxygen atoms in total. The fourth-order valence-electron chi connectivity index (χ4n) is 2.32. The summed E-state index contributed by atoms with van der Waals surface area (Å²) in [6, 6.07) is 4.74. The van der Waals surface area contributed by atoms with Crippen LogP contribution in [0.4, 0.5) is 0 Å². The van der Waals surface area contributed by atoms with Gasteiger partial charge in [-0.2, -0.15) is 0 Å². The van der Waals surface area contributed by atoms with Crippen molar-refractivity contribution in [3.8, 4) is 0 Å². The van der Waals surface area contributed by atoms with Crippen LogP contribution < -0.4 is 5.32 Å². The van der Waals surface area contributed by atoms with Crippen molar-refractivity contribution >= 4 is 11.3 Å². The second-order valence-electron chi connectivity index (χ2n) is 4.71. The molecule has 0 aliphatic heterocycles. The van der Waals surface area contributed by atoms with Crippen molar-refractivity contribution in [1.82, 2.24) is 5.32 Å². The summed E-state index contributed by atoms with van der Waals surface area (Å²) in [6.45, 7) is 2.78. The van der Waals surface area contributed by atoms with Gasteiger partial charge >= 0.3 is 0 Å². The first kappa shape index (κ1) is 12.1. The third kappa shape index (κ3) is 3.30. The summed E-state index contributed by atoms with van der Waals surface area (Å²) in [5.41, 5.74) is 0. The largest absolute Gasteiger partial charge is 0.386 e. The number of aliphatic hydroxyl groups is 1. The molecule has 16 heavy (non-hydrogen) atoms. The molecule has 1 saturated carbocycles. The minimum atomic E-state index is -0.333. The van der Waals surface area contributed by atoms with E-state index in [1.165, 1.54) is 37.0 Å². The van der Waals surface area contributed by atoms with Gasteiger partial charge in [-0.25, -0.2) is 0 Å². The summed E-state index contributed by atoms with van der Waals surface area (Å²) < 4.78 is 0. The number of aryl methyl sites for hydroxylation is 1. The van der Waals surface area contributed by atoms with E-state index in [4.69, 9.17) is 0 Å². The maximum absolute atomic E-state index is 10.0. The molecule has 1 aliphatic rings. The zero-order valence-electron chi connectivity index (χ0n) is 9.91. The molecule has 0 aromatic carbocycles. The molecule has 0 saturated heterocycles. The minimum Gasteiger partial charge on any atom is -0.386 e. The molecule has 0 bridgehead atoms. The monoisotopic (exact) mass is 239 g/mol. The van der Waals surface area contributed by atoms with E-state index in [2.05, 4.69) is 18.3 Å². The molecule has 2 rings (SSSR count). The lowest BCUT2D eigenvalue weighted by Crippen LogP contribution is -2.34. The maximum atomic E-state index is 10.0. The van der Waals surface area contributed by atoms with E-state index in [0.29, 0.717) is 12.6 Å². The first-order valence-corrected chi connectivity index (χ1v) is 7.05. The van der Waals surface area contributed by atoms with Gasteiger partial charge < -0.3 is 10.4 Å². The van der Waals surface area contributed by atoms with Gasteiger partial charge in [-0.3, -0.25) is 0 Å². The van der Waals surface area contributed by atoms with E-state index in [1.54, 1.807) is 11.3 Å². The molecule has 1 fully saturated rings. The van der Waals surface area contributed by atoms with Crippen LogP contribution in [0, 0.1) is 6.92 Å². The molecule has 0 amide bonds. The van der Waals surface area contributed by atoms with Crippen molar-refractivity contribution in [2.75, 3.05) is 6.54 Å². The summed E-state index contributed by atoms with van der Waals surface area (Å²) in [7, 11) is 0. The van der Waals surface area contributed by atoms with Gasteiger partial charge in [0.1, 0.15) is 6.10 Å². The highest BCUT2D eigenvalue weighted by atomic mass is 32.1. The first-order chi connectivity index (χ1) is 7.75. The molecule has 2 N–H and O–H groups in total. The summed E-state index contributed by atoms with van der Waals surface area (Å²) in [4.78, 5) is 2.35. The highest BCUT2D eigenvalue weighted by Gasteiger charge is 2.15. The number of nitrogens with one attached hydrogen (secondary N) is 1. The fourth-order valence-corrected chi connectivity index (χ4v) is 3.18. The molecule has 90 valence electrons. The van der Waals surface area contributed by atoms with Crippen LogP contribution in [0.2, 0.25) is 0 Å². The Kier molecular flexibility index (Phi) is 4.38. The maximum Gasteiger partial charge on any atom is 0.101 e. The van der Waals surface area contributed by atoms with Gasteiger partial charge in [0, 0.05) is 22.3 Å². The van der Waals surface area contributed by atoms with Gasteiger partial charge in [0.05, 0.1) is 0 Å². The predicted molar refractivity (Wildman–Crippen MR) is 68.9 cm³/mol. The Hall–Kier alpha value is -0.380. The van der Waals surface area contributed by atoms with Crippen LogP contribution in [0.1, 0.15) is 48.0 Å². The fraction of sp³-hybridized carbons (Fsp3) is 0.692. The molecule has 1 aliphatic carbocycles. The molecular weight excluding hydrogens is 218 g/mol. The Morgan fingerprint density at radius 3 is 2.75 bits per heavy atom. The van der Waals surface area contributed by atoms with Gasteiger partial charge in [0.25, 0.3) is 0 Å². The van der Waals surface area contributed by atoms with E-state index >= 15 is 0 Å². The summed E-state index contributed by atoms with van der Waals surface area (Å²) in [6.07, 6.45) is 6.27. The van der Waals surface area contributed by atoms with E-state index < -0.39 is 0 Å². The van der Waals surface area contributed by atoms with Crippen LogP contribution in [-0.2, 0) is 0 Å². The van der Waals surface area contributed by atoms with Gasteiger partial charge in [0.15, 0.2) is 0 Å². The lowest BCUT2D eigenvalue weighted by molar-refractivity contribution is 0.169. The van der Waals surface area contributed by atoms with Crippen LogP contribution >= 0.6 is 11.3 Å². The van der Waals surface area contributed by atoms with Crippen LogP contribution in [0.5, 0.6) is 0 Å². The molecule has 0 spiro atoms. The van der Waals surface area contributed by atoms with E-state index in [1.807, 2.05) is 6.07 Å². The predicted octanol–water partition coefficient (Wildman–Crippen LogP) is 3.01. The number of hydrogen-bond acceptors (Lipinski definition) is 3. The Labute approximate surface area is 102 Å². The zero-order valence-corrected chi connectivity index (χ0v) is 10.7. The summed E-state index contributed by atoms with van der Waals surface area (Å²) in [5.74, 6) is 0. The lowest BCUT2D eigenvalue weighted by Gasteiger charge is -2.24. The first-order valence-electron chi connectivity index (χ1n) is 6.23. The number of aliphatic hydroxyl groups excluding tert-OH is 1. The van der Waals surface area contributed by atoms with Crippen LogP contribution in [0.25, 0.3) is 0 Å². The smallest absolute Gasteiger partial charge is 0.101 e. The number of thiophene rings is 1. The Balaban J connectivity index is 1.76. The molecule has 1 atom stereocenters. The normalized spacial score (nSPS) is 19.9. The Morgan fingerprint density at radius 2 is 2.12 bits per heavy atom. The van der Waals surface area contributed by atoms with Crippen LogP contribution in [0.3, 0.4) is 0 Å². The van der Waals surface area contributed by atoms with Gasteiger partial charge in [0.2, 0.25) is 0 Å². The van der Waals surface area contributed by atoms with Crippen molar-refractivity contribution in [2.24, 2.45) is 0 Å². The van der Waals surface area contributed by atoms with Crippen molar-refractivity contribution in [1.29, 1.82) is 0 Å². The number of rotatable bonds is 4. The standard InChI is InChI=1S/C13H21NOS/c1-10-7-8-13(16-10)12(15)9-14-11-5-3-2-4-6-11/h7-8,11-12,14-15H,2-6,9H2,1H3. The Bertz CT molecular complexity index is 317. The third-order valence-electron chi connectivity index (χ3n) is 3.29. The van der Waals surface area contributed by atoms with E-state index in [-0.39, 0.29) is 6.10 Å². The summed E-state index contributed by atoms with van der Waals surface area (Å²) in [5, 5.41) is 13.5. The summed E-state index contributed by atoms with van der Waals surface area (Å²) >= 11 is 1.69. The highest BCUT2D eigenvalue weighted by Crippen LogP contribution is 2.23. The average molecular weight is 239 g/mol. The van der Waals surface area contributed by atoms with Crippen molar-refractivity contribution in [2.45, 2.75) is 51.2 Å². The second-order valence-corrected chi connectivity index (χ2v) is 6.03. The van der Waals surface area contributed by atoms with E-state index in [0.717, 1.165) is 4.88 Å². The van der Waals surface area contributed by atoms with Crippen molar-refractivity contribution < 1.29 is 5.11 Å². The van der Waals surface area contributed by atoms with Crippen LogP contribution in [0.15, 0.2) is 12.1 Å². The van der Waals surface area contributed by atoms with Gasteiger partial charge in [-0.1, -0.05) is 19.3 Å².